The van der Waals surface area contributed by atoms with E-state index < -0.39 is 24.6 Å². The van der Waals surface area contributed by atoms with Gasteiger partial charge in [0.2, 0.25) is 5.60 Å². The summed E-state index contributed by atoms with van der Waals surface area (Å²) in [5, 5.41) is 32.7. The Bertz CT molecular complexity index is 1250. The Morgan fingerprint density at radius 3 is 2.75 bits per heavy atom. The van der Waals surface area contributed by atoms with Crippen molar-refractivity contribution in [1.82, 2.24) is 20.6 Å². The second-order valence-electron chi connectivity index (χ2n) is 9.26. The first kappa shape index (κ1) is 25.7. The van der Waals surface area contributed by atoms with E-state index in [1.165, 1.54) is 11.3 Å². The maximum Gasteiger partial charge on any atom is 0.475 e. The second kappa shape index (κ2) is 11.1. The van der Waals surface area contributed by atoms with Crippen molar-refractivity contribution in [3.63, 3.8) is 0 Å². The number of hydrogen-bond donors (Lipinski definition) is 4. The van der Waals surface area contributed by atoms with Crippen molar-refractivity contribution in [3.8, 4) is 0 Å². The van der Waals surface area contributed by atoms with Gasteiger partial charge in [0.25, 0.3) is 11.8 Å². The maximum absolute atomic E-state index is 13.4. The lowest BCUT2D eigenvalue weighted by Crippen LogP contribution is -2.56. The Balaban J connectivity index is 1.47. The van der Waals surface area contributed by atoms with Crippen molar-refractivity contribution in [3.05, 3.63) is 58.8 Å². The van der Waals surface area contributed by atoms with Crippen LogP contribution in [0.3, 0.4) is 0 Å². The van der Waals surface area contributed by atoms with Gasteiger partial charge in [-0.3, -0.25) is 14.6 Å². The highest BCUT2D eigenvalue weighted by atomic mass is 32.1. The van der Waals surface area contributed by atoms with Crippen LogP contribution in [0.2, 0.25) is 0 Å². The average molecular weight is 509 g/mol. The van der Waals surface area contributed by atoms with Gasteiger partial charge >= 0.3 is 7.12 Å². The summed E-state index contributed by atoms with van der Waals surface area (Å²) in [5.41, 5.74) is 1.66. The van der Waals surface area contributed by atoms with Gasteiger partial charge in [-0.05, 0) is 23.8 Å². The van der Waals surface area contributed by atoms with E-state index in [9.17, 15) is 19.6 Å². The molecule has 36 heavy (non-hydrogen) atoms. The number of pyridine rings is 1. The summed E-state index contributed by atoms with van der Waals surface area (Å²) in [7, 11) is -1.72. The molecule has 4 rings (SSSR count). The smallest absolute Gasteiger partial charge is 0.426 e. The van der Waals surface area contributed by atoms with Gasteiger partial charge in [-0.15, -0.1) is 11.3 Å². The molecular formula is C24H28BN5O5S. The largest absolute Gasteiger partial charge is 0.475 e. The Morgan fingerprint density at radius 2 is 2.03 bits per heavy atom. The minimum atomic E-state index is -1.72. The third kappa shape index (κ3) is 5.89. The second-order valence-corrected chi connectivity index (χ2v) is 9.98. The van der Waals surface area contributed by atoms with E-state index in [0.717, 1.165) is 10.8 Å². The van der Waals surface area contributed by atoms with E-state index in [1.807, 2.05) is 49.6 Å². The van der Waals surface area contributed by atoms with Gasteiger partial charge in [0.1, 0.15) is 5.69 Å². The van der Waals surface area contributed by atoms with Crippen LogP contribution in [0.25, 0.3) is 10.8 Å². The van der Waals surface area contributed by atoms with Crippen molar-refractivity contribution in [2.45, 2.75) is 44.7 Å². The fourth-order valence-corrected chi connectivity index (χ4v) is 4.74. The molecule has 2 unspecified atom stereocenters. The molecular weight excluding hydrogens is 481 g/mol. The normalized spacial score (nSPS) is 18.0. The van der Waals surface area contributed by atoms with Crippen molar-refractivity contribution < 1.29 is 24.5 Å². The number of nitrogens with zero attached hydrogens (tertiary/aromatic N) is 3. The Morgan fingerprint density at radius 1 is 1.22 bits per heavy atom. The molecule has 2 amide bonds. The summed E-state index contributed by atoms with van der Waals surface area (Å²) in [6.45, 7) is 3.91. The third-order valence-corrected chi connectivity index (χ3v) is 6.58. The van der Waals surface area contributed by atoms with Crippen LogP contribution in [0.5, 0.6) is 0 Å². The number of nitrogens with one attached hydrogen (secondary N) is 2. The summed E-state index contributed by atoms with van der Waals surface area (Å²) in [6.07, 6.45) is 2.21. The van der Waals surface area contributed by atoms with E-state index in [2.05, 4.69) is 25.8 Å². The number of amides is 2. The lowest BCUT2D eigenvalue weighted by atomic mass is 9.74. The van der Waals surface area contributed by atoms with Gasteiger partial charge in [0.05, 0.1) is 29.4 Å². The lowest BCUT2D eigenvalue weighted by Gasteiger charge is -2.28. The molecule has 0 spiro atoms. The summed E-state index contributed by atoms with van der Waals surface area (Å²) >= 11 is 1.39. The summed E-state index contributed by atoms with van der Waals surface area (Å²) in [6, 6.07) is 9.31. The first-order valence-corrected chi connectivity index (χ1v) is 12.6. The van der Waals surface area contributed by atoms with Crippen LogP contribution >= 0.6 is 11.3 Å². The minimum Gasteiger partial charge on any atom is -0.426 e. The van der Waals surface area contributed by atoms with Gasteiger partial charge in [-0.1, -0.05) is 43.3 Å². The summed E-state index contributed by atoms with van der Waals surface area (Å²) in [5.74, 6) is -1.62. The van der Waals surface area contributed by atoms with Crippen molar-refractivity contribution in [1.29, 1.82) is 0 Å². The van der Waals surface area contributed by atoms with Crippen molar-refractivity contribution >= 4 is 46.8 Å². The quantitative estimate of drug-likeness (QED) is 0.305. The van der Waals surface area contributed by atoms with Gasteiger partial charge in [0.15, 0.2) is 0 Å². The predicted octanol–water partition coefficient (Wildman–Crippen LogP) is 1.72. The molecule has 0 fully saturated rings. The number of fused-ring (bicyclic) bond motifs is 1. The van der Waals surface area contributed by atoms with Gasteiger partial charge in [-0.25, -0.2) is 4.98 Å². The minimum absolute atomic E-state index is 0.0634. The van der Waals surface area contributed by atoms with E-state index >= 15 is 0 Å². The van der Waals surface area contributed by atoms with Crippen LogP contribution in [0.4, 0.5) is 0 Å². The molecule has 3 heterocycles. The number of rotatable bonds is 10. The van der Waals surface area contributed by atoms with Crippen LogP contribution in [0, 0.1) is 5.92 Å². The van der Waals surface area contributed by atoms with E-state index in [1.54, 1.807) is 11.7 Å². The first-order chi connectivity index (χ1) is 17.3. The van der Waals surface area contributed by atoms with Crippen LogP contribution in [-0.4, -0.2) is 62.7 Å². The number of carbonyl (C=O) groups is 2. The molecule has 1 aromatic carbocycles. The van der Waals surface area contributed by atoms with Gasteiger partial charge < -0.3 is 25.5 Å². The van der Waals surface area contributed by atoms with Crippen LogP contribution in [0.1, 0.15) is 42.9 Å². The van der Waals surface area contributed by atoms with Crippen LogP contribution in [-0.2, 0) is 16.1 Å². The zero-order valence-corrected chi connectivity index (χ0v) is 20.9. The Labute approximate surface area is 212 Å². The predicted molar refractivity (Wildman–Crippen MR) is 137 cm³/mol. The summed E-state index contributed by atoms with van der Waals surface area (Å²) < 4.78 is 0. The zero-order chi connectivity index (χ0) is 25.7. The van der Waals surface area contributed by atoms with Gasteiger partial charge in [-0.2, -0.15) is 0 Å². The molecule has 1 aliphatic heterocycles. The fourth-order valence-electron chi connectivity index (χ4n) is 4.18. The van der Waals surface area contributed by atoms with Gasteiger partial charge in [0, 0.05) is 29.8 Å². The molecule has 12 heteroatoms. The van der Waals surface area contributed by atoms with Crippen molar-refractivity contribution in [2.75, 3.05) is 6.54 Å². The molecule has 0 radical (unpaired) electrons. The van der Waals surface area contributed by atoms with Crippen LogP contribution < -0.4 is 10.6 Å². The monoisotopic (exact) mass is 509 g/mol. The zero-order valence-electron chi connectivity index (χ0n) is 20.0. The average Bonchev–Trinajstić information content (AvgIpc) is 3.52. The molecule has 0 saturated carbocycles. The number of aromatic nitrogens is 2. The molecule has 2 aromatic heterocycles. The van der Waals surface area contributed by atoms with Crippen molar-refractivity contribution in [2.24, 2.45) is 11.1 Å². The third-order valence-electron chi connectivity index (χ3n) is 5.95. The molecule has 1 aliphatic rings. The number of oxime groups is 1. The molecule has 0 bridgehead atoms. The number of benzene rings is 1. The fraction of sp³-hybridized carbons (Fsp3) is 0.375. The van der Waals surface area contributed by atoms with Crippen LogP contribution in [0.15, 0.2) is 52.6 Å². The standard InChI is InChI=1S/C24H28BN5O5S/c1-15(2)9-20(25(33)34)29-23(32)24(11-18-13-36-14-28-18)10-17(30-35-24)12-27-22(31)21-19-6-4-3-5-16(19)7-8-26-21/h3-8,13-15,20,33-34H,9-12H2,1-2H3,(H,27,31)(H,29,32). The molecule has 0 saturated heterocycles. The SMILES string of the molecule is CC(C)CC(NC(=O)C1(Cc2cscn2)CC(CNC(=O)c2nccc3ccccc23)=NO1)B(O)O. The van der Waals surface area contributed by atoms with E-state index in [-0.39, 0.29) is 31.2 Å². The summed E-state index contributed by atoms with van der Waals surface area (Å²) in [4.78, 5) is 40.5. The highest BCUT2D eigenvalue weighted by molar-refractivity contribution is 7.07. The van der Waals surface area contributed by atoms with E-state index in [0.29, 0.717) is 23.5 Å². The molecule has 2 atom stereocenters. The first-order valence-electron chi connectivity index (χ1n) is 11.7. The maximum atomic E-state index is 13.4. The topological polar surface area (TPSA) is 146 Å². The highest BCUT2D eigenvalue weighted by Crippen LogP contribution is 2.29. The highest BCUT2D eigenvalue weighted by Gasteiger charge is 2.48. The number of thiazole rings is 1. The number of carbonyl (C=O) groups excluding carboxylic acids is 2. The number of hydrogen-bond acceptors (Lipinski definition) is 9. The molecule has 10 nitrogen and oxygen atoms in total. The molecule has 4 N–H and O–H groups in total. The molecule has 0 aliphatic carbocycles. The Kier molecular flexibility index (Phi) is 7.97. The van der Waals surface area contributed by atoms with E-state index in [4.69, 9.17) is 4.84 Å². The molecule has 3 aromatic rings. The molecule has 188 valence electrons. The Hall–Kier alpha value is -3.35. The lowest BCUT2D eigenvalue weighted by molar-refractivity contribution is -0.144.